The average Bonchev–Trinajstić information content (AvgIpc) is 2.45. The lowest BCUT2D eigenvalue weighted by atomic mass is 10.0. The van der Waals surface area contributed by atoms with Crippen LogP contribution >= 0.6 is 23.2 Å². The van der Waals surface area contributed by atoms with E-state index in [1.165, 1.54) is 13.0 Å². The average molecular weight is 316 g/mol. The maximum absolute atomic E-state index is 6.32. The van der Waals surface area contributed by atoms with Crippen molar-refractivity contribution in [3.8, 4) is 0 Å². The van der Waals surface area contributed by atoms with Gasteiger partial charge in [-0.1, -0.05) is 36.2 Å². The van der Waals surface area contributed by atoms with E-state index in [-0.39, 0.29) is 6.04 Å². The van der Waals surface area contributed by atoms with Crippen LogP contribution in [0.3, 0.4) is 0 Å². The van der Waals surface area contributed by atoms with Crippen molar-refractivity contribution in [2.75, 3.05) is 39.3 Å². The number of halogens is 2. The summed E-state index contributed by atoms with van der Waals surface area (Å²) in [5, 5.41) is 1.42. The molecular weight excluding hydrogens is 293 g/mol. The highest BCUT2D eigenvalue weighted by molar-refractivity contribution is 6.36. The van der Waals surface area contributed by atoms with E-state index >= 15 is 0 Å². The molecule has 1 heterocycles. The zero-order valence-corrected chi connectivity index (χ0v) is 13.5. The summed E-state index contributed by atoms with van der Waals surface area (Å²) in [6.07, 6.45) is 1.21. The van der Waals surface area contributed by atoms with Gasteiger partial charge in [-0.05, 0) is 25.1 Å². The van der Waals surface area contributed by atoms with Crippen molar-refractivity contribution in [3.05, 3.63) is 33.8 Å². The maximum atomic E-state index is 6.32. The Morgan fingerprint density at radius 3 is 2.25 bits per heavy atom. The second-order valence-corrected chi connectivity index (χ2v) is 6.08. The fourth-order valence-electron chi connectivity index (χ4n) is 2.89. The van der Waals surface area contributed by atoms with Crippen LogP contribution in [0.25, 0.3) is 0 Å². The van der Waals surface area contributed by atoms with E-state index in [0.717, 1.165) is 31.7 Å². The third-order valence-electron chi connectivity index (χ3n) is 3.94. The monoisotopic (exact) mass is 315 g/mol. The number of hydrogen-bond acceptors (Lipinski definition) is 3. The van der Waals surface area contributed by atoms with Gasteiger partial charge in [-0.3, -0.25) is 4.90 Å². The van der Waals surface area contributed by atoms with Gasteiger partial charge < -0.3 is 10.6 Å². The highest BCUT2D eigenvalue weighted by atomic mass is 35.5. The fourth-order valence-corrected chi connectivity index (χ4v) is 3.54. The van der Waals surface area contributed by atoms with Gasteiger partial charge in [0.15, 0.2) is 0 Å². The first-order valence-corrected chi connectivity index (χ1v) is 8.03. The smallest absolute Gasteiger partial charge is 0.0501 e. The lowest BCUT2D eigenvalue weighted by Crippen LogP contribution is -2.49. The molecule has 1 unspecified atom stereocenters. The zero-order chi connectivity index (χ0) is 14.5. The first-order chi connectivity index (χ1) is 9.67. The third-order valence-corrected chi connectivity index (χ3v) is 4.60. The molecule has 1 saturated heterocycles. The standard InChI is InChI=1S/C15H23Cl2N3/c1-2-6-19-7-9-20(10-8-19)14(11-18)15-12(16)4-3-5-13(15)17/h3-5,14H,2,6-11,18H2,1H3. The predicted molar refractivity (Wildman–Crippen MR) is 86.6 cm³/mol. The quantitative estimate of drug-likeness (QED) is 0.906. The second-order valence-electron chi connectivity index (χ2n) is 5.26. The normalized spacial score (nSPS) is 19.2. The summed E-state index contributed by atoms with van der Waals surface area (Å²) >= 11 is 12.6. The number of rotatable bonds is 5. The molecule has 1 aromatic carbocycles. The molecule has 0 radical (unpaired) electrons. The molecule has 112 valence electrons. The summed E-state index contributed by atoms with van der Waals surface area (Å²) in [5.74, 6) is 0. The summed E-state index contributed by atoms with van der Waals surface area (Å²) in [7, 11) is 0. The highest BCUT2D eigenvalue weighted by Crippen LogP contribution is 2.33. The number of nitrogens with zero attached hydrogens (tertiary/aromatic N) is 2. The summed E-state index contributed by atoms with van der Waals surface area (Å²) < 4.78 is 0. The van der Waals surface area contributed by atoms with Gasteiger partial charge in [-0.15, -0.1) is 0 Å². The molecule has 5 heteroatoms. The zero-order valence-electron chi connectivity index (χ0n) is 12.0. The molecule has 2 N–H and O–H groups in total. The molecule has 3 nitrogen and oxygen atoms in total. The fraction of sp³-hybridized carbons (Fsp3) is 0.600. The van der Waals surface area contributed by atoms with Gasteiger partial charge in [-0.2, -0.15) is 0 Å². The number of nitrogens with two attached hydrogens (primary N) is 1. The number of piperazine rings is 1. The van der Waals surface area contributed by atoms with Crippen LogP contribution < -0.4 is 5.73 Å². The van der Waals surface area contributed by atoms with Crippen LogP contribution in [0.15, 0.2) is 18.2 Å². The summed E-state index contributed by atoms with van der Waals surface area (Å²) in [6, 6.07) is 5.76. The van der Waals surface area contributed by atoms with Crippen molar-refractivity contribution in [2.24, 2.45) is 5.73 Å². The van der Waals surface area contributed by atoms with E-state index in [0.29, 0.717) is 16.6 Å². The molecule has 1 aliphatic heterocycles. The van der Waals surface area contributed by atoms with E-state index < -0.39 is 0 Å². The van der Waals surface area contributed by atoms with Crippen molar-refractivity contribution >= 4 is 23.2 Å². The maximum Gasteiger partial charge on any atom is 0.0501 e. The van der Waals surface area contributed by atoms with Crippen LogP contribution in [0.2, 0.25) is 10.0 Å². The Bertz CT molecular complexity index is 411. The van der Waals surface area contributed by atoms with Gasteiger partial charge >= 0.3 is 0 Å². The molecule has 1 aliphatic rings. The molecule has 0 spiro atoms. The van der Waals surface area contributed by atoms with Crippen molar-refractivity contribution in [2.45, 2.75) is 19.4 Å². The first kappa shape index (κ1) is 16.1. The van der Waals surface area contributed by atoms with Crippen LogP contribution in [0.5, 0.6) is 0 Å². The van der Waals surface area contributed by atoms with Crippen LogP contribution in [0.4, 0.5) is 0 Å². The number of benzene rings is 1. The van der Waals surface area contributed by atoms with Gasteiger partial charge in [0.25, 0.3) is 0 Å². The Morgan fingerprint density at radius 2 is 1.75 bits per heavy atom. The molecule has 2 rings (SSSR count). The lowest BCUT2D eigenvalue weighted by Gasteiger charge is -2.39. The van der Waals surface area contributed by atoms with E-state index in [2.05, 4.69) is 16.7 Å². The summed E-state index contributed by atoms with van der Waals surface area (Å²) in [6.45, 7) is 8.15. The summed E-state index contributed by atoms with van der Waals surface area (Å²) in [5.41, 5.74) is 6.97. The van der Waals surface area contributed by atoms with Crippen LogP contribution in [-0.2, 0) is 0 Å². The molecule has 0 amide bonds. The molecule has 0 bridgehead atoms. The van der Waals surface area contributed by atoms with Crippen LogP contribution in [-0.4, -0.2) is 49.1 Å². The predicted octanol–water partition coefficient (Wildman–Crippen LogP) is 3.02. The van der Waals surface area contributed by atoms with Crippen molar-refractivity contribution in [3.63, 3.8) is 0 Å². The Hall–Kier alpha value is -0.320. The first-order valence-electron chi connectivity index (χ1n) is 7.27. The third kappa shape index (κ3) is 3.66. The molecule has 20 heavy (non-hydrogen) atoms. The second kappa shape index (κ2) is 7.62. The van der Waals surface area contributed by atoms with Gasteiger partial charge in [-0.25, -0.2) is 0 Å². The van der Waals surface area contributed by atoms with E-state index in [9.17, 15) is 0 Å². The Labute approximate surface area is 131 Å². The molecule has 0 aromatic heterocycles. The van der Waals surface area contributed by atoms with Crippen molar-refractivity contribution < 1.29 is 0 Å². The molecule has 1 atom stereocenters. The van der Waals surface area contributed by atoms with E-state index in [4.69, 9.17) is 28.9 Å². The van der Waals surface area contributed by atoms with Crippen LogP contribution in [0, 0.1) is 0 Å². The molecular formula is C15H23Cl2N3. The minimum absolute atomic E-state index is 0.111. The SMILES string of the molecule is CCCN1CCN(C(CN)c2c(Cl)cccc2Cl)CC1. The van der Waals surface area contributed by atoms with Gasteiger partial charge in [0.05, 0.1) is 6.04 Å². The molecule has 1 fully saturated rings. The largest absolute Gasteiger partial charge is 0.329 e. The topological polar surface area (TPSA) is 32.5 Å². The van der Waals surface area contributed by atoms with E-state index in [1.807, 2.05) is 18.2 Å². The molecule has 1 aromatic rings. The Balaban J connectivity index is 2.10. The van der Waals surface area contributed by atoms with Crippen molar-refractivity contribution in [1.29, 1.82) is 0 Å². The van der Waals surface area contributed by atoms with Crippen molar-refractivity contribution in [1.82, 2.24) is 9.80 Å². The molecule has 0 aliphatic carbocycles. The van der Waals surface area contributed by atoms with Crippen LogP contribution in [0.1, 0.15) is 24.9 Å². The molecule has 0 saturated carbocycles. The van der Waals surface area contributed by atoms with E-state index in [1.54, 1.807) is 0 Å². The number of hydrogen-bond donors (Lipinski definition) is 1. The lowest BCUT2D eigenvalue weighted by molar-refractivity contribution is 0.0986. The highest BCUT2D eigenvalue weighted by Gasteiger charge is 2.26. The minimum atomic E-state index is 0.111. The minimum Gasteiger partial charge on any atom is -0.329 e. The van der Waals surface area contributed by atoms with Gasteiger partial charge in [0.1, 0.15) is 0 Å². The van der Waals surface area contributed by atoms with Gasteiger partial charge in [0.2, 0.25) is 0 Å². The Morgan fingerprint density at radius 1 is 1.15 bits per heavy atom. The van der Waals surface area contributed by atoms with Gasteiger partial charge in [0, 0.05) is 48.3 Å². The summed E-state index contributed by atoms with van der Waals surface area (Å²) in [4.78, 5) is 4.90. The Kier molecular flexibility index (Phi) is 6.12.